The fourth-order valence-corrected chi connectivity index (χ4v) is 4.45. The fraction of sp³-hybridized carbons (Fsp3) is 0.375. The van der Waals surface area contributed by atoms with Crippen molar-refractivity contribution in [1.29, 1.82) is 0 Å². The molecule has 3 aliphatic rings. The summed E-state index contributed by atoms with van der Waals surface area (Å²) in [5.74, 6) is 0. The Morgan fingerprint density at radius 2 is 2.00 bits per heavy atom. The number of halogens is 1. The molecule has 1 fully saturated rings. The van der Waals surface area contributed by atoms with E-state index in [0.717, 1.165) is 5.22 Å². The molecule has 0 bridgehead atoms. The topological polar surface area (TPSA) is 26.7 Å². The number of likely N-dealkylation sites (tertiary alicyclic amines) is 1. The van der Waals surface area contributed by atoms with Crippen molar-refractivity contribution in [1.82, 2.24) is 9.96 Å². The second kappa shape index (κ2) is 4.72. The number of hydroxylamine groups is 2. The predicted molar refractivity (Wildman–Crippen MR) is 82.6 cm³/mol. The van der Waals surface area contributed by atoms with E-state index in [0.29, 0.717) is 12.6 Å². The van der Waals surface area contributed by atoms with Gasteiger partial charge in [-0.25, -0.2) is 0 Å². The number of rotatable bonds is 1. The van der Waals surface area contributed by atoms with Gasteiger partial charge in [-0.1, -0.05) is 34.1 Å². The van der Waals surface area contributed by atoms with Crippen molar-refractivity contribution >= 4 is 27.7 Å². The average molecular weight is 333 g/mol. The van der Waals surface area contributed by atoms with Crippen LogP contribution in [-0.4, -0.2) is 34.8 Å². The number of benzene rings is 1. The molecule has 0 radical (unpaired) electrons. The first kappa shape index (κ1) is 12.6. The Balaban J connectivity index is 1.96. The van der Waals surface area contributed by atoms with Gasteiger partial charge in [0, 0.05) is 15.9 Å². The monoisotopic (exact) mass is 332 g/mol. The van der Waals surface area contributed by atoms with Crippen LogP contribution in [0.25, 0.3) is 11.8 Å². The van der Waals surface area contributed by atoms with Gasteiger partial charge in [0.1, 0.15) is 0 Å². The summed E-state index contributed by atoms with van der Waals surface area (Å²) >= 11 is 3.77. The maximum absolute atomic E-state index is 9.84. The summed E-state index contributed by atoms with van der Waals surface area (Å²) in [4.78, 5) is 2.55. The van der Waals surface area contributed by atoms with Crippen molar-refractivity contribution in [3.63, 3.8) is 0 Å². The zero-order chi connectivity index (χ0) is 13.7. The Labute approximate surface area is 126 Å². The summed E-state index contributed by atoms with van der Waals surface area (Å²) in [5, 5.41) is 13.5. The van der Waals surface area contributed by atoms with Crippen LogP contribution in [0, 0.1) is 0 Å². The van der Waals surface area contributed by atoms with E-state index in [2.05, 4.69) is 45.1 Å². The van der Waals surface area contributed by atoms with E-state index in [1.54, 1.807) is 0 Å². The van der Waals surface area contributed by atoms with Crippen molar-refractivity contribution in [2.75, 3.05) is 19.6 Å². The molecule has 2 aliphatic heterocycles. The standard InChI is InChI=1S/C16H17BrN2O/c17-14-8-12-10-19(20)9-11-4-3-5-13(15(11)12)16(14)18-6-1-2-7-18/h3-5,8-9,16,20H,1-2,6-7,10H2. The van der Waals surface area contributed by atoms with E-state index >= 15 is 0 Å². The van der Waals surface area contributed by atoms with Crippen molar-refractivity contribution in [3.8, 4) is 0 Å². The van der Waals surface area contributed by atoms with Crippen molar-refractivity contribution in [2.45, 2.75) is 18.9 Å². The summed E-state index contributed by atoms with van der Waals surface area (Å²) in [6, 6.07) is 6.75. The highest BCUT2D eigenvalue weighted by Gasteiger charge is 2.30. The van der Waals surface area contributed by atoms with Crippen LogP contribution in [0.2, 0.25) is 0 Å². The highest BCUT2D eigenvalue weighted by atomic mass is 79.9. The van der Waals surface area contributed by atoms with Crippen molar-refractivity contribution in [3.05, 3.63) is 44.8 Å². The van der Waals surface area contributed by atoms with Gasteiger partial charge < -0.3 is 0 Å². The molecule has 1 unspecified atom stereocenters. The van der Waals surface area contributed by atoms with Gasteiger partial charge in [-0.15, -0.1) is 0 Å². The highest BCUT2D eigenvalue weighted by Crippen LogP contribution is 2.36. The molecule has 2 heterocycles. The first-order valence-corrected chi connectivity index (χ1v) is 7.94. The number of hydrogen-bond donors (Lipinski definition) is 1. The molecule has 4 rings (SSSR count). The molecule has 4 heteroatoms. The molecule has 0 amide bonds. The van der Waals surface area contributed by atoms with Crippen molar-refractivity contribution < 1.29 is 5.21 Å². The Kier molecular flexibility index (Phi) is 2.98. The molecule has 0 aromatic heterocycles. The third kappa shape index (κ3) is 1.86. The largest absolute Gasteiger partial charge is 0.292 e. The molecule has 20 heavy (non-hydrogen) atoms. The second-order valence-corrected chi connectivity index (χ2v) is 6.65. The molecule has 3 nitrogen and oxygen atoms in total. The van der Waals surface area contributed by atoms with Crippen LogP contribution in [0.3, 0.4) is 0 Å². The van der Waals surface area contributed by atoms with Gasteiger partial charge in [0.15, 0.2) is 0 Å². The van der Waals surface area contributed by atoms with Gasteiger partial charge in [-0.2, -0.15) is 0 Å². The first-order chi connectivity index (χ1) is 9.74. The lowest BCUT2D eigenvalue weighted by atomic mass is 9.91. The molecule has 1 atom stereocenters. The van der Waals surface area contributed by atoms with Crippen LogP contribution in [0.4, 0.5) is 0 Å². The molecule has 104 valence electrons. The minimum Gasteiger partial charge on any atom is -0.292 e. The molecular formula is C16H17BrN2O. The summed E-state index contributed by atoms with van der Waals surface area (Å²) in [6.07, 6.45) is 6.61. The van der Waals surface area contributed by atoms with E-state index in [9.17, 15) is 5.21 Å². The summed E-state index contributed by atoms with van der Waals surface area (Å²) in [6.45, 7) is 2.90. The molecular weight excluding hydrogens is 316 g/mol. The minimum atomic E-state index is 0.342. The van der Waals surface area contributed by atoms with E-state index in [-0.39, 0.29) is 0 Å². The average Bonchev–Trinajstić information content (AvgIpc) is 2.92. The maximum Gasteiger partial charge on any atom is 0.0703 e. The van der Waals surface area contributed by atoms with Crippen LogP contribution in [0.1, 0.15) is 24.4 Å². The predicted octanol–water partition coefficient (Wildman–Crippen LogP) is 1.71. The van der Waals surface area contributed by atoms with Crippen LogP contribution in [0.5, 0.6) is 0 Å². The molecule has 0 spiro atoms. The van der Waals surface area contributed by atoms with Gasteiger partial charge >= 0.3 is 0 Å². The van der Waals surface area contributed by atoms with Gasteiger partial charge in [0.25, 0.3) is 0 Å². The summed E-state index contributed by atoms with van der Waals surface area (Å²) in [5.41, 5.74) is 2.57. The molecule has 1 aromatic rings. The third-order valence-electron chi connectivity index (χ3n) is 4.44. The first-order valence-electron chi connectivity index (χ1n) is 7.15. The molecule has 1 aliphatic carbocycles. The number of hydrogen-bond acceptors (Lipinski definition) is 3. The van der Waals surface area contributed by atoms with E-state index < -0.39 is 0 Å². The van der Waals surface area contributed by atoms with Crippen LogP contribution in [-0.2, 0) is 0 Å². The SMILES string of the molecule is ON1C=c2cccc3c2=C(C=C(Br)C3N2CCCC2)C1. The third-order valence-corrected chi connectivity index (χ3v) is 5.11. The van der Waals surface area contributed by atoms with E-state index in [1.165, 1.54) is 51.8 Å². The Bertz CT molecular complexity index is 704. The van der Waals surface area contributed by atoms with Gasteiger partial charge in [-0.3, -0.25) is 15.2 Å². The lowest BCUT2D eigenvalue weighted by Gasteiger charge is -2.33. The van der Waals surface area contributed by atoms with Gasteiger partial charge in [0.05, 0.1) is 12.6 Å². The fourth-order valence-electron chi connectivity index (χ4n) is 3.64. The number of nitrogens with zero attached hydrogens (tertiary/aromatic N) is 2. The molecule has 1 saturated heterocycles. The normalized spacial score (nSPS) is 25.3. The van der Waals surface area contributed by atoms with Crippen LogP contribution < -0.4 is 10.4 Å². The van der Waals surface area contributed by atoms with Crippen LogP contribution in [0.15, 0.2) is 28.8 Å². The van der Waals surface area contributed by atoms with Crippen molar-refractivity contribution in [2.24, 2.45) is 0 Å². The van der Waals surface area contributed by atoms with Crippen LogP contribution >= 0.6 is 15.9 Å². The van der Waals surface area contributed by atoms with Gasteiger partial charge in [0.2, 0.25) is 0 Å². The quantitative estimate of drug-likeness (QED) is 0.848. The smallest absolute Gasteiger partial charge is 0.0703 e. The maximum atomic E-state index is 9.84. The summed E-state index contributed by atoms with van der Waals surface area (Å²) in [7, 11) is 0. The highest BCUT2D eigenvalue weighted by molar-refractivity contribution is 9.11. The Morgan fingerprint density at radius 3 is 2.80 bits per heavy atom. The van der Waals surface area contributed by atoms with E-state index in [1.807, 2.05) is 6.20 Å². The lowest BCUT2D eigenvalue weighted by molar-refractivity contribution is -0.00753. The Hall–Kier alpha value is -1.10. The Morgan fingerprint density at radius 1 is 1.20 bits per heavy atom. The lowest BCUT2D eigenvalue weighted by Crippen LogP contribution is -2.44. The zero-order valence-electron chi connectivity index (χ0n) is 11.2. The zero-order valence-corrected chi connectivity index (χ0v) is 12.8. The second-order valence-electron chi connectivity index (χ2n) is 5.74. The molecule has 0 saturated carbocycles. The van der Waals surface area contributed by atoms with E-state index in [4.69, 9.17) is 0 Å². The molecule has 1 N–H and O–H groups in total. The molecule has 1 aromatic carbocycles. The minimum absolute atomic E-state index is 0.342. The van der Waals surface area contributed by atoms with Gasteiger partial charge in [-0.05, 0) is 48.4 Å². The summed E-state index contributed by atoms with van der Waals surface area (Å²) < 4.78 is 1.22.